The number of esters is 2. The lowest BCUT2D eigenvalue weighted by molar-refractivity contribution is -0.165. The highest BCUT2D eigenvalue weighted by Gasteiger charge is 2.64. The first-order valence-electron chi connectivity index (χ1n) is 10.2. The molecular formula is C24H26O5. The minimum Gasteiger partial charge on any atom is -0.445 e. The molecule has 0 radical (unpaired) electrons. The summed E-state index contributed by atoms with van der Waals surface area (Å²) in [5.74, 6) is 3.22. The van der Waals surface area contributed by atoms with Crippen molar-refractivity contribution in [1.82, 2.24) is 0 Å². The fourth-order valence-electron chi connectivity index (χ4n) is 6.29. The predicted octanol–water partition coefficient (Wildman–Crippen LogP) is 4.04. The van der Waals surface area contributed by atoms with Crippen LogP contribution in [0.15, 0.2) is 18.2 Å². The Bertz CT molecular complexity index is 941. The van der Waals surface area contributed by atoms with Crippen molar-refractivity contribution in [3.63, 3.8) is 0 Å². The molecule has 0 heterocycles. The van der Waals surface area contributed by atoms with Crippen molar-refractivity contribution in [3.8, 4) is 18.1 Å². The zero-order chi connectivity index (χ0) is 21.0. The molecule has 0 aliphatic heterocycles. The standard InChI is InChI=1S/C24H26O5/c1-5-24(29-15(3)26)11-9-21-19-13-22(27)20-12-16(28-14(2)25)6-7-17(20)18(19)8-10-23(21,24)4/h1,6-7,12,18-19,21H,8-11,13H2,2-4H3/t18?,19?,21?,23-,24?/m0/s1. The van der Waals surface area contributed by atoms with Crippen LogP contribution < -0.4 is 4.74 Å². The molecule has 0 spiro atoms. The van der Waals surface area contributed by atoms with Gasteiger partial charge in [0.15, 0.2) is 11.4 Å². The molecule has 3 aliphatic rings. The van der Waals surface area contributed by atoms with E-state index in [1.807, 2.05) is 6.07 Å². The van der Waals surface area contributed by atoms with E-state index < -0.39 is 11.6 Å². The summed E-state index contributed by atoms with van der Waals surface area (Å²) in [5, 5.41) is 0. The lowest BCUT2D eigenvalue weighted by Crippen LogP contribution is -2.52. The number of ether oxygens (including phenoxy) is 2. The maximum atomic E-state index is 13.0. The Morgan fingerprint density at radius 1 is 1.17 bits per heavy atom. The summed E-state index contributed by atoms with van der Waals surface area (Å²) in [6, 6.07) is 5.39. The fraction of sp³-hybridized carbons (Fsp3) is 0.542. The first-order valence-corrected chi connectivity index (χ1v) is 10.2. The fourth-order valence-corrected chi connectivity index (χ4v) is 6.29. The maximum Gasteiger partial charge on any atom is 0.308 e. The lowest BCUT2D eigenvalue weighted by atomic mass is 9.53. The summed E-state index contributed by atoms with van der Waals surface area (Å²) in [6.07, 6.45) is 9.57. The van der Waals surface area contributed by atoms with E-state index in [-0.39, 0.29) is 34.9 Å². The molecule has 0 aromatic heterocycles. The molecule has 1 aromatic carbocycles. The third-order valence-corrected chi connectivity index (χ3v) is 7.52. The Labute approximate surface area is 171 Å². The Morgan fingerprint density at radius 3 is 2.59 bits per heavy atom. The summed E-state index contributed by atoms with van der Waals surface area (Å²) in [6.45, 7) is 4.89. The summed E-state index contributed by atoms with van der Waals surface area (Å²) in [7, 11) is 0. The van der Waals surface area contributed by atoms with Crippen LogP contribution in [0.3, 0.4) is 0 Å². The molecule has 4 rings (SSSR count). The van der Waals surface area contributed by atoms with Gasteiger partial charge < -0.3 is 9.47 Å². The Kier molecular flexibility index (Phi) is 4.57. The van der Waals surface area contributed by atoms with Crippen molar-refractivity contribution in [1.29, 1.82) is 0 Å². The molecule has 29 heavy (non-hydrogen) atoms. The van der Waals surface area contributed by atoms with Crippen LogP contribution in [-0.4, -0.2) is 23.3 Å². The molecule has 5 nitrogen and oxygen atoms in total. The topological polar surface area (TPSA) is 69.7 Å². The first kappa shape index (κ1) is 19.7. The van der Waals surface area contributed by atoms with Crippen molar-refractivity contribution in [3.05, 3.63) is 29.3 Å². The van der Waals surface area contributed by atoms with E-state index in [1.165, 1.54) is 13.8 Å². The van der Waals surface area contributed by atoms with E-state index in [1.54, 1.807) is 12.1 Å². The van der Waals surface area contributed by atoms with Gasteiger partial charge in [-0.15, -0.1) is 6.42 Å². The van der Waals surface area contributed by atoms with Crippen LogP contribution in [0.2, 0.25) is 0 Å². The van der Waals surface area contributed by atoms with E-state index in [0.29, 0.717) is 24.2 Å². The van der Waals surface area contributed by atoms with Crippen molar-refractivity contribution >= 4 is 17.7 Å². The Balaban J connectivity index is 1.69. The van der Waals surface area contributed by atoms with Crippen molar-refractivity contribution < 1.29 is 23.9 Å². The molecule has 2 saturated carbocycles. The van der Waals surface area contributed by atoms with Crippen molar-refractivity contribution in [2.75, 3.05) is 0 Å². The van der Waals surface area contributed by atoms with Gasteiger partial charge in [-0.3, -0.25) is 14.4 Å². The van der Waals surface area contributed by atoms with E-state index in [9.17, 15) is 14.4 Å². The smallest absolute Gasteiger partial charge is 0.308 e. The van der Waals surface area contributed by atoms with Crippen LogP contribution in [0.1, 0.15) is 74.7 Å². The van der Waals surface area contributed by atoms with Gasteiger partial charge in [0.1, 0.15) is 5.75 Å². The highest BCUT2D eigenvalue weighted by molar-refractivity contribution is 5.99. The van der Waals surface area contributed by atoms with Crippen LogP contribution in [0, 0.1) is 29.6 Å². The summed E-state index contributed by atoms with van der Waals surface area (Å²) in [5.41, 5.74) is 0.478. The third kappa shape index (κ3) is 2.88. The molecule has 4 unspecified atom stereocenters. The molecule has 5 atom stereocenters. The lowest BCUT2D eigenvalue weighted by Gasteiger charge is -2.52. The van der Waals surface area contributed by atoms with Crippen LogP contribution in [-0.2, 0) is 14.3 Å². The highest BCUT2D eigenvalue weighted by atomic mass is 16.6. The van der Waals surface area contributed by atoms with E-state index in [4.69, 9.17) is 15.9 Å². The Morgan fingerprint density at radius 2 is 1.93 bits per heavy atom. The summed E-state index contributed by atoms with van der Waals surface area (Å²) >= 11 is 0. The number of carbonyl (C=O) groups excluding carboxylic acids is 3. The van der Waals surface area contributed by atoms with E-state index >= 15 is 0 Å². The second kappa shape index (κ2) is 6.73. The molecule has 2 fully saturated rings. The third-order valence-electron chi connectivity index (χ3n) is 7.52. The molecule has 0 N–H and O–H groups in total. The largest absolute Gasteiger partial charge is 0.445 e. The molecular weight excluding hydrogens is 368 g/mol. The first-order chi connectivity index (χ1) is 13.7. The molecule has 0 amide bonds. The van der Waals surface area contributed by atoms with Gasteiger partial charge in [0.25, 0.3) is 0 Å². The number of Topliss-reactive ketones (excluding diaryl/α,β-unsaturated/α-hetero) is 1. The van der Waals surface area contributed by atoms with E-state index in [2.05, 4.69) is 12.8 Å². The summed E-state index contributed by atoms with van der Waals surface area (Å²) < 4.78 is 10.9. The van der Waals surface area contributed by atoms with Gasteiger partial charge in [-0.2, -0.15) is 0 Å². The second-order valence-corrected chi connectivity index (χ2v) is 8.91. The number of fused-ring (bicyclic) bond motifs is 5. The minimum atomic E-state index is -0.892. The predicted molar refractivity (Wildman–Crippen MR) is 106 cm³/mol. The monoisotopic (exact) mass is 394 g/mol. The second-order valence-electron chi connectivity index (χ2n) is 8.91. The van der Waals surface area contributed by atoms with Gasteiger partial charge in [0, 0.05) is 31.2 Å². The quantitative estimate of drug-likeness (QED) is 0.430. The SMILES string of the molecule is C#CC1(OC(C)=O)CCC2C3CC(=O)c4cc(OC(C)=O)ccc4C3CC[C@@]21C. The Hall–Kier alpha value is -2.61. The van der Waals surface area contributed by atoms with Gasteiger partial charge in [-0.05, 0) is 61.1 Å². The molecule has 1 aromatic rings. The van der Waals surface area contributed by atoms with Gasteiger partial charge in [0.2, 0.25) is 0 Å². The number of ketones is 1. The van der Waals surface area contributed by atoms with E-state index in [0.717, 1.165) is 24.8 Å². The normalized spacial score (nSPS) is 35.0. The molecule has 3 aliphatic carbocycles. The number of terminal acetylenes is 1. The maximum absolute atomic E-state index is 13.0. The van der Waals surface area contributed by atoms with Crippen molar-refractivity contribution in [2.24, 2.45) is 17.3 Å². The van der Waals surface area contributed by atoms with Crippen LogP contribution >= 0.6 is 0 Å². The van der Waals surface area contributed by atoms with Crippen LogP contribution in [0.25, 0.3) is 0 Å². The number of carbonyl (C=O) groups is 3. The molecule has 0 saturated heterocycles. The van der Waals surface area contributed by atoms with Crippen molar-refractivity contribution in [2.45, 2.75) is 64.4 Å². The van der Waals surface area contributed by atoms with Crippen LogP contribution in [0.4, 0.5) is 0 Å². The van der Waals surface area contributed by atoms with Crippen LogP contribution in [0.5, 0.6) is 5.75 Å². The number of hydrogen-bond donors (Lipinski definition) is 0. The molecule has 0 bridgehead atoms. The van der Waals surface area contributed by atoms with Gasteiger partial charge in [-0.1, -0.05) is 18.9 Å². The minimum absolute atomic E-state index is 0.0743. The van der Waals surface area contributed by atoms with Gasteiger partial charge in [-0.25, -0.2) is 0 Å². The zero-order valence-electron chi connectivity index (χ0n) is 17.1. The number of hydrogen-bond acceptors (Lipinski definition) is 5. The van der Waals surface area contributed by atoms with Gasteiger partial charge in [0.05, 0.1) is 0 Å². The molecule has 152 valence electrons. The highest BCUT2D eigenvalue weighted by Crippen LogP contribution is 2.65. The average molecular weight is 394 g/mol. The molecule has 5 heteroatoms. The summed E-state index contributed by atoms with van der Waals surface area (Å²) in [4.78, 5) is 36.1. The zero-order valence-corrected chi connectivity index (χ0v) is 17.1. The van der Waals surface area contributed by atoms with Gasteiger partial charge >= 0.3 is 11.9 Å². The number of rotatable bonds is 2. The number of benzene rings is 1. The average Bonchev–Trinajstić information content (AvgIpc) is 2.94.